The van der Waals surface area contributed by atoms with Crippen molar-refractivity contribution >= 4 is 7.82 Å². The van der Waals surface area contributed by atoms with Crippen LogP contribution in [0.1, 0.15) is 12.5 Å². The zero-order chi connectivity index (χ0) is 17.0. The Labute approximate surface area is 145 Å². The number of benzene rings is 3. The highest BCUT2D eigenvalue weighted by atomic mass is 31.2. The molecule has 0 radical (unpaired) electrons. The summed E-state index contributed by atoms with van der Waals surface area (Å²) < 4.78 is 29.0. The molecule has 0 saturated heterocycles. The third kappa shape index (κ3) is 2.18. The van der Waals surface area contributed by atoms with Crippen molar-refractivity contribution in [3.05, 3.63) is 66.2 Å². The first kappa shape index (κ1) is 14.6. The standard InChI is InChI=1S/C20H15O4P/c1-2-13-8-10-15(11-9-13)17-12-16(14-6-4-3-5-7-14)18-20-19(17)23-25(21,22-18)24-20/h3-12H,2H2,1H3. The average molecular weight is 350 g/mol. The van der Waals surface area contributed by atoms with E-state index < -0.39 is 7.82 Å². The first-order valence-electron chi connectivity index (χ1n) is 8.21. The molecule has 5 heteroatoms. The minimum absolute atomic E-state index is 0.444. The highest BCUT2D eigenvalue weighted by molar-refractivity contribution is 7.50. The van der Waals surface area contributed by atoms with Crippen molar-refractivity contribution in [2.24, 2.45) is 0 Å². The van der Waals surface area contributed by atoms with E-state index in [-0.39, 0.29) is 0 Å². The molecule has 0 spiro atoms. The monoisotopic (exact) mass is 350 g/mol. The third-order valence-corrected chi connectivity index (χ3v) is 5.78. The average Bonchev–Trinajstić information content (AvgIpc) is 3.17. The van der Waals surface area contributed by atoms with Gasteiger partial charge in [0.2, 0.25) is 5.75 Å². The van der Waals surface area contributed by atoms with Crippen molar-refractivity contribution < 1.29 is 18.1 Å². The Balaban J connectivity index is 1.75. The lowest BCUT2D eigenvalue weighted by Gasteiger charge is -2.17. The smallest absolute Gasteiger partial charge is 0.381 e. The van der Waals surface area contributed by atoms with Gasteiger partial charge >= 0.3 is 7.82 Å². The maximum absolute atomic E-state index is 12.5. The number of fused-ring (bicyclic) bond motifs is 1. The van der Waals surface area contributed by atoms with Crippen LogP contribution < -0.4 is 13.6 Å². The summed E-state index contributed by atoms with van der Waals surface area (Å²) in [6.45, 7) is 2.12. The molecule has 0 saturated carbocycles. The SMILES string of the molecule is CCc1ccc(-c2cc(-c3ccccc3)c3c4c2OP(=O)(O3)O4)cc1. The lowest BCUT2D eigenvalue weighted by molar-refractivity contribution is 0.355. The van der Waals surface area contributed by atoms with E-state index in [4.69, 9.17) is 13.6 Å². The number of aryl methyl sites for hydroxylation is 1. The van der Waals surface area contributed by atoms with Crippen LogP contribution in [0.5, 0.6) is 17.2 Å². The Bertz CT molecular complexity index is 1030. The van der Waals surface area contributed by atoms with Gasteiger partial charge in [-0.15, -0.1) is 0 Å². The van der Waals surface area contributed by atoms with Crippen LogP contribution in [0.3, 0.4) is 0 Å². The Morgan fingerprint density at radius 1 is 0.760 bits per heavy atom. The van der Waals surface area contributed by atoms with Crippen LogP contribution >= 0.6 is 7.82 Å². The molecule has 0 aliphatic carbocycles. The van der Waals surface area contributed by atoms with Gasteiger partial charge in [0.05, 0.1) is 0 Å². The summed E-state index contributed by atoms with van der Waals surface area (Å²) in [6.07, 6.45) is 0.981. The van der Waals surface area contributed by atoms with E-state index in [0.717, 1.165) is 28.7 Å². The Morgan fingerprint density at radius 3 is 1.88 bits per heavy atom. The van der Waals surface area contributed by atoms with Gasteiger partial charge in [0.15, 0.2) is 11.5 Å². The molecule has 124 valence electrons. The molecule has 3 aromatic carbocycles. The Kier molecular flexibility index (Phi) is 3.01. The molecule has 0 fully saturated rings. The van der Waals surface area contributed by atoms with E-state index in [1.165, 1.54) is 5.56 Å². The molecule has 2 aliphatic heterocycles. The summed E-state index contributed by atoms with van der Waals surface area (Å²) >= 11 is 0. The van der Waals surface area contributed by atoms with Crippen LogP contribution in [0.4, 0.5) is 0 Å². The summed E-state index contributed by atoms with van der Waals surface area (Å²) in [7, 11) is -3.56. The van der Waals surface area contributed by atoms with E-state index in [9.17, 15) is 4.57 Å². The van der Waals surface area contributed by atoms with Gasteiger partial charge in [0, 0.05) is 11.1 Å². The van der Waals surface area contributed by atoms with Crippen molar-refractivity contribution in [1.82, 2.24) is 0 Å². The van der Waals surface area contributed by atoms with Crippen LogP contribution in [-0.2, 0) is 11.0 Å². The molecule has 1 unspecified atom stereocenters. The second-order valence-corrected chi connectivity index (χ2v) is 7.54. The summed E-state index contributed by atoms with van der Waals surface area (Å²) in [5.41, 5.74) is 4.96. The predicted molar refractivity (Wildman–Crippen MR) is 96.2 cm³/mol. The zero-order valence-corrected chi connectivity index (χ0v) is 14.5. The van der Waals surface area contributed by atoms with Gasteiger partial charge in [-0.1, -0.05) is 61.5 Å². The molecule has 5 rings (SSSR count). The van der Waals surface area contributed by atoms with Crippen molar-refractivity contribution in [2.75, 3.05) is 0 Å². The Morgan fingerprint density at radius 2 is 1.32 bits per heavy atom. The minimum atomic E-state index is -3.56. The van der Waals surface area contributed by atoms with Crippen LogP contribution in [0.2, 0.25) is 0 Å². The van der Waals surface area contributed by atoms with Gasteiger partial charge in [-0.3, -0.25) is 0 Å². The fourth-order valence-electron chi connectivity index (χ4n) is 3.25. The second-order valence-electron chi connectivity index (χ2n) is 6.10. The van der Waals surface area contributed by atoms with Crippen LogP contribution in [0.25, 0.3) is 22.3 Å². The van der Waals surface area contributed by atoms with E-state index >= 15 is 0 Å². The Hall–Kier alpha value is -2.71. The molecule has 3 aromatic rings. The molecule has 0 aromatic heterocycles. The van der Waals surface area contributed by atoms with Gasteiger partial charge in [-0.25, -0.2) is 0 Å². The highest BCUT2D eigenvalue weighted by Gasteiger charge is 2.52. The largest absolute Gasteiger partial charge is 0.647 e. The first-order chi connectivity index (χ1) is 12.2. The lowest BCUT2D eigenvalue weighted by atomic mass is 9.95. The molecule has 2 aliphatic rings. The summed E-state index contributed by atoms with van der Waals surface area (Å²) in [5, 5.41) is 0. The molecular formula is C20H15O4P. The molecule has 1 atom stereocenters. The van der Waals surface area contributed by atoms with Gasteiger partial charge < -0.3 is 13.6 Å². The second kappa shape index (κ2) is 5.14. The maximum atomic E-state index is 12.5. The number of hydrogen-bond donors (Lipinski definition) is 0. The van der Waals surface area contributed by atoms with Crippen molar-refractivity contribution in [2.45, 2.75) is 13.3 Å². The quantitative estimate of drug-likeness (QED) is 0.556. The van der Waals surface area contributed by atoms with Crippen LogP contribution in [-0.4, -0.2) is 0 Å². The van der Waals surface area contributed by atoms with Crippen LogP contribution in [0, 0.1) is 0 Å². The van der Waals surface area contributed by atoms with Gasteiger partial charge in [-0.05, 0) is 29.2 Å². The number of phosphoric ester groups is 1. The fraction of sp³-hybridized carbons (Fsp3) is 0.100. The minimum Gasteiger partial charge on any atom is -0.381 e. The molecule has 4 nitrogen and oxygen atoms in total. The van der Waals surface area contributed by atoms with Gasteiger partial charge in [0.25, 0.3) is 0 Å². The summed E-state index contributed by atoms with van der Waals surface area (Å²) in [5.74, 6) is 1.46. The molecule has 0 amide bonds. The molecule has 2 bridgehead atoms. The molecule has 0 N–H and O–H groups in total. The normalized spacial score (nSPS) is 19.2. The topological polar surface area (TPSA) is 44.8 Å². The number of hydrogen-bond acceptors (Lipinski definition) is 4. The predicted octanol–water partition coefficient (Wildman–Crippen LogP) is 5.85. The van der Waals surface area contributed by atoms with Crippen LogP contribution in [0.15, 0.2) is 60.7 Å². The maximum Gasteiger partial charge on any atom is 0.647 e. The van der Waals surface area contributed by atoms with Crippen molar-refractivity contribution in [3.8, 4) is 39.5 Å². The third-order valence-electron chi connectivity index (χ3n) is 4.56. The fourth-order valence-corrected chi connectivity index (χ4v) is 4.56. The van der Waals surface area contributed by atoms with E-state index in [0.29, 0.717) is 17.2 Å². The van der Waals surface area contributed by atoms with Gasteiger partial charge in [0.1, 0.15) is 0 Å². The lowest BCUT2D eigenvalue weighted by Crippen LogP contribution is -2.00. The highest BCUT2D eigenvalue weighted by Crippen LogP contribution is 2.72. The van der Waals surface area contributed by atoms with E-state index in [1.807, 2.05) is 36.4 Å². The number of phosphoric acid groups is 1. The zero-order valence-electron chi connectivity index (χ0n) is 13.6. The first-order valence-corrected chi connectivity index (χ1v) is 9.67. The summed E-state index contributed by atoms with van der Waals surface area (Å²) in [4.78, 5) is 0. The molecule has 25 heavy (non-hydrogen) atoms. The van der Waals surface area contributed by atoms with E-state index in [1.54, 1.807) is 0 Å². The van der Waals surface area contributed by atoms with Crippen molar-refractivity contribution in [3.63, 3.8) is 0 Å². The molecular weight excluding hydrogens is 335 g/mol. The molecule has 2 heterocycles. The van der Waals surface area contributed by atoms with E-state index in [2.05, 4.69) is 31.2 Å². The van der Waals surface area contributed by atoms with Crippen molar-refractivity contribution in [1.29, 1.82) is 0 Å². The summed E-state index contributed by atoms with van der Waals surface area (Å²) in [6, 6.07) is 20.2. The van der Waals surface area contributed by atoms with Gasteiger partial charge in [-0.2, -0.15) is 4.57 Å². The number of rotatable bonds is 3.